The Morgan fingerprint density at radius 2 is 1.89 bits per heavy atom. The Hall–Kier alpha value is -3.05. The topological polar surface area (TPSA) is 82.2 Å². The summed E-state index contributed by atoms with van der Waals surface area (Å²) in [6.45, 7) is 5.37. The van der Waals surface area contributed by atoms with Crippen LogP contribution in [0.3, 0.4) is 0 Å². The van der Waals surface area contributed by atoms with Gasteiger partial charge in [0.15, 0.2) is 0 Å². The van der Waals surface area contributed by atoms with Gasteiger partial charge in [-0.25, -0.2) is 13.4 Å². The van der Waals surface area contributed by atoms with E-state index in [0.717, 1.165) is 39.6 Å². The molecule has 0 atom stereocenters. The molecule has 10 heteroatoms. The molecule has 0 saturated heterocycles. The summed E-state index contributed by atoms with van der Waals surface area (Å²) >= 11 is 2.86. The second-order valence-corrected chi connectivity index (χ2v) is 13.0. The maximum Gasteiger partial charge on any atom is 0.274 e. The molecule has 0 radical (unpaired) electrons. The van der Waals surface area contributed by atoms with Crippen molar-refractivity contribution in [2.75, 3.05) is 11.4 Å². The number of nitrogens with one attached hydrogen (secondary N) is 1. The number of para-hydroxylation sites is 1. The Bertz CT molecular complexity index is 1560. The minimum atomic E-state index is -3.68. The van der Waals surface area contributed by atoms with Crippen LogP contribution in [-0.2, 0) is 23.1 Å². The molecular weight excluding hydrogens is 523 g/mol. The molecule has 0 amide bonds. The number of benzene rings is 1. The minimum Gasteiger partial charge on any atom is -0.351 e. The zero-order valence-electron chi connectivity index (χ0n) is 20.2. The third-order valence-corrected chi connectivity index (χ3v) is 10.1. The number of aromatic nitrogens is 3. The molecule has 0 bridgehead atoms. The fourth-order valence-corrected chi connectivity index (χ4v) is 7.98. The molecule has 194 valence electrons. The molecule has 1 N–H and O–H groups in total. The summed E-state index contributed by atoms with van der Waals surface area (Å²) in [7, 11) is -1.60. The molecule has 7 nitrogen and oxygen atoms in total. The van der Waals surface area contributed by atoms with Crippen LogP contribution in [0.25, 0.3) is 21.6 Å². The number of thiazole rings is 1. The smallest absolute Gasteiger partial charge is 0.274 e. The van der Waals surface area contributed by atoms with Crippen molar-refractivity contribution in [2.24, 2.45) is 0 Å². The Morgan fingerprint density at radius 3 is 2.59 bits per heavy atom. The van der Waals surface area contributed by atoms with Gasteiger partial charge in [-0.2, -0.15) is 0 Å². The van der Waals surface area contributed by atoms with Crippen molar-refractivity contribution >= 4 is 49.3 Å². The number of hydrogen-bond donors (Lipinski definition) is 1. The van der Waals surface area contributed by atoms with Gasteiger partial charge in [0.2, 0.25) is 0 Å². The lowest BCUT2D eigenvalue weighted by Gasteiger charge is -2.28. The van der Waals surface area contributed by atoms with Crippen molar-refractivity contribution in [3.05, 3.63) is 82.9 Å². The van der Waals surface area contributed by atoms with Crippen LogP contribution in [-0.4, -0.2) is 41.4 Å². The molecule has 0 saturated carbocycles. The van der Waals surface area contributed by atoms with E-state index < -0.39 is 10.0 Å². The van der Waals surface area contributed by atoms with E-state index in [0.29, 0.717) is 9.90 Å². The predicted octanol–water partition coefficient (Wildman–Crippen LogP) is 6.62. The molecule has 1 aromatic carbocycles. The highest BCUT2D eigenvalue weighted by Gasteiger charge is 2.30. The maximum atomic E-state index is 13.5. The van der Waals surface area contributed by atoms with E-state index in [-0.39, 0.29) is 13.5 Å². The van der Waals surface area contributed by atoms with Gasteiger partial charge in [-0.1, -0.05) is 31.7 Å². The van der Waals surface area contributed by atoms with E-state index >= 15 is 0 Å². The van der Waals surface area contributed by atoms with Crippen molar-refractivity contribution in [2.45, 2.75) is 44.6 Å². The Kier molecular flexibility index (Phi) is 8.13. The van der Waals surface area contributed by atoms with Gasteiger partial charge in [-0.3, -0.25) is 14.2 Å². The number of nitrogens with zero attached hydrogens (tertiary/aromatic N) is 4. The summed E-state index contributed by atoms with van der Waals surface area (Å²) in [6.07, 6.45) is 5.58. The van der Waals surface area contributed by atoms with Gasteiger partial charge >= 0.3 is 0 Å². The second-order valence-electron chi connectivity index (χ2n) is 8.92. The molecular formula is C27H31N5O2S3. The first-order chi connectivity index (χ1) is 17.3. The Balaban J connectivity index is 0.00000320. The van der Waals surface area contributed by atoms with Gasteiger partial charge in [-0.15, -0.1) is 22.7 Å². The van der Waals surface area contributed by atoms with Gasteiger partial charge in [-0.05, 0) is 56.1 Å². The van der Waals surface area contributed by atoms with E-state index in [1.54, 1.807) is 35.0 Å². The van der Waals surface area contributed by atoms with Crippen molar-refractivity contribution in [3.63, 3.8) is 0 Å². The van der Waals surface area contributed by atoms with Crippen molar-refractivity contribution < 1.29 is 8.42 Å². The average Bonchev–Trinajstić information content (AvgIpc) is 3.60. The molecule has 37 heavy (non-hydrogen) atoms. The van der Waals surface area contributed by atoms with Crippen LogP contribution in [0.5, 0.6) is 0 Å². The van der Waals surface area contributed by atoms with Crippen LogP contribution in [0, 0.1) is 0 Å². The minimum absolute atomic E-state index is 0. The predicted molar refractivity (Wildman–Crippen MR) is 155 cm³/mol. The largest absolute Gasteiger partial charge is 0.351 e. The molecule has 0 unspecified atom stereocenters. The molecule has 4 aromatic heterocycles. The maximum absolute atomic E-state index is 13.5. The zero-order chi connectivity index (χ0) is 25.3. The Labute approximate surface area is 226 Å². The first-order valence-corrected chi connectivity index (χ1v) is 14.7. The van der Waals surface area contributed by atoms with E-state index in [1.807, 2.05) is 56.6 Å². The molecule has 0 aliphatic heterocycles. The molecule has 0 aliphatic rings. The molecule has 4 heterocycles. The monoisotopic (exact) mass is 553 g/mol. The van der Waals surface area contributed by atoms with Crippen molar-refractivity contribution in [1.29, 1.82) is 0 Å². The molecule has 0 aliphatic carbocycles. The average molecular weight is 554 g/mol. The van der Waals surface area contributed by atoms with Crippen molar-refractivity contribution in [3.8, 4) is 10.7 Å². The number of fused-ring (bicyclic) bond motifs is 1. The Morgan fingerprint density at radius 1 is 1.05 bits per heavy atom. The molecule has 0 spiro atoms. The van der Waals surface area contributed by atoms with Gasteiger partial charge in [0.1, 0.15) is 9.22 Å². The number of aromatic amines is 1. The van der Waals surface area contributed by atoms with Crippen LogP contribution < -0.4 is 4.31 Å². The summed E-state index contributed by atoms with van der Waals surface area (Å²) in [5.74, 6) is 0. The van der Waals surface area contributed by atoms with Crippen LogP contribution in [0.15, 0.2) is 76.7 Å². The molecule has 5 aromatic rings. The summed E-state index contributed by atoms with van der Waals surface area (Å²) in [5, 5.41) is 3.60. The third kappa shape index (κ3) is 5.62. The number of rotatable bonds is 9. The van der Waals surface area contributed by atoms with E-state index in [1.165, 1.54) is 21.2 Å². The van der Waals surface area contributed by atoms with Gasteiger partial charge in [0, 0.05) is 48.0 Å². The molecule has 5 rings (SSSR count). The van der Waals surface area contributed by atoms with Crippen molar-refractivity contribution in [1.82, 2.24) is 19.9 Å². The zero-order valence-corrected chi connectivity index (χ0v) is 22.7. The van der Waals surface area contributed by atoms with Gasteiger partial charge in [0.05, 0.1) is 16.9 Å². The number of pyridine rings is 1. The quantitative estimate of drug-likeness (QED) is 0.222. The molecule has 0 fully saturated rings. The second kappa shape index (κ2) is 11.1. The number of H-pyrrole nitrogens is 1. The van der Waals surface area contributed by atoms with E-state index in [4.69, 9.17) is 0 Å². The first-order valence-electron chi connectivity index (χ1n) is 11.5. The fourth-order valence-electron chi connectivity index (χ4n) is 4.26. The highest BCUT2D eigenvalue weighted by molar-refractivity contribution is 7.94. The number of hydrogen-bond acceptors (Lipinski definition) is 7. The standard InChI is InChI=1S/C26H27N5O2S3.CH4/c1-18(2)31(36(32,33)24-10-6-12-34-24)23-9-4-8-20-13-22(29-25(20)23)26-28-15-21(35-26)17-30(3)16-19-7-5-11-27-14-19;/h4-15,18,29H,16-17H2,1-3H3;1H4. The van der Waals surface area contributed by atoms with Crippen LogP contribution in [0.4, 0.5) is 5.69 Å². The lowest BCUT2D eigenvalue weighted by molar-refractivity contribution is 0.321. The first kappa shape index (κ1) is 27.0. The number of sulfonamides is 1. The SMILES string of the molecule is C.CC(C)N(c1cccc2cc(-c3ncc(CN(C)Cc4cccnc4)s3)[nH]c12)S(=O)(=O)c1cccs1. The van der Waals surface area contributed by atoms with Crippen LogP contribution in [0.1, 0.15) is 31.7 Å². The summed E-state index contributed by atoms with van der Waals surface area (Å²) < 4.78 is 28.8. The van der Waals surface area contributed by atoms with Gasteiger partial charge < -0.3 is 4.98 Å². The van der Waals surface area contributed by atoms with Gasteiger partial charge in [0.25, 0.3) is 10.0 Å². The van der Waals surface area contributed by atoms with E-state index in [9.17, 15) is 8.42 Å². The lowest BCUT2D eigenvalue weighted by Crippen LogP contribution is -2.36. The third-order valence-electron chi connectivity index (χ3n) is 5.73. The lowest BCUT2D eigenvalue weighted by atomic mass is 10.2. The highest BCUT2D eigenvalue weighted by Crippen LogP contribution is 2.36. The number of anilines is 1. The van der Waals surface area contributed by atoms with E-state index in [2.05, 4.69) is 33.0 Å². The number of thiophene rings is 1. The normalized spacial score (nSPS) is 11.8. The fraction of sp³-hybridized carbons (Fsp3) is 0.259. The summed E-state index contributed by atoms with van der Waals surface area (Å²) in [4.78, 5) is 15.7. The summed E-state index contributed by atoms with van der Waals surface area (Å²) in [5.41, 5.74) is 3.46. The highest BCUT2D eigenvalue weighted by atomic mass is 32.2. The van der Waals surface area contributed by atoms with Crippen LogP contribution >= 0.6 is 22.7 Å². The summed E-state index contributed by atoms with van der Waals surface area (Å²) in [6, 6.07) is 15.0. The van der Waals surface area contributed by atoms with Crippen LogP contribution in [0.2, 0.25) is 0 Å².